The minimum absolute atomic E-state index is 0.129. The van der Waals surface area contributed by atoms with Gasteiger partial charge in [-0.2, -0.15) is 4.31 Å². The maximum atomic E-state index is 13.7. The van der Waals surface area contributed by atoms with Gasteiger partial charge < -0.3 is 25.0 Å². The number of nitrogens with zero attached hydrogens (tertiary/aromatic N) is 4. The highest BCUT2D eigenvalue weighted by molar-refractivity contribution is 7.89. The fraction of sp³-hybridized carbons (Fsp3) is 0.667. The highest BCUT2D eigenvalue weighted by Gasteiger charge is 2.40. The molecule has 1 aromatic carbocycles. The van der Waals surface area contributed by atoms with E-state index in [2.05, 4.69) is 22.0 Å². The van der Waals surface area contributed by atoms with E-state index in [0.29, 0.717) is 63.0 Å². The average Bonchev–Trinajstić information content (AvgIpc) is 3.24. The molecule has 3 aliphatic heterocycles. The van der Waals surface area contributed by atoms with Gasteiger partial charge in [0.1, 0.15) is 11.4 Å². The number of hydrogen-bond donors (Lipinski definition) is 2. The van der Waals surface area contributed by atoms with E-state index >= 15 is 0 Å². The predicted octanol–water partition coefficient (Wildman–Crippen LogP) is 1.59. The molecule has 1 fully saturated rings. The zero-order valence-electron chi connectivity index (χ0n) is 23.0. The van der Waals surface area contributed by atoms with Crippen LogP contribution in [0.5, 0.6) is 5.75 Å². The highest BCUT2D eigenvalue weighted by Crippen LogP contribution is 2.40. The molecule has 10 nitrogen and oxygen atoms in total. The van der Waals surface area contributed by atoms with Crippen molar-refractivity contribution in [1.29, 1.82) is 0 Å². The molecule has 11 heteroatoms. The Morgan fingerprint density at radius 1 is 1.05 bits per heavy atom. The lowest BCUT2D eigenvalue weighted by molar-refractivity contribution is -0.118. The lowest BCUT2D eigenvalue weighted by Crippen LogP contribution is -2.48. The molecular weight excluding hydrogens is 506 g/mol. The number of amides is 1. The van der Waals surface area contributed by atoms with Gasteiger partial charge in [-0.25, -0.2) is 8.42 Å². The van der Waals surface area contributed by atoms with Gasteiger partial charge in [-0.3, -0.25) is 9.69 Å². The predicted molar refractivity (Wildman–Crippen MR) is 146 cm³/mol. The number of ether oxygens (including phenoxy) is 1. The second kappa shape index (κ2) is 12.8. The van der Waals surface area contributed by atoms with Gasteiger partial charge in [0.05, 0.1) is 24.2 Å². The minimum Gasteiger partial charge on any atom is -0.493 e. The Labute approximate surface area is 227 Å². The normalized spacial score (nSPS) is 21.6. The van der Waals surface area contributed by atoms with Gasteiger partial charge in [-0.15, -0.1) is 0 Å². The first-order valence-corrected chi connectivity index (χ1v) is 15.3. The molecule has 1 aromatic rings. The number of aliphatic hydroxyl groups excluding tert-OH is 1. The number of piperazine rings is 1. The molecule has 212 valence electrons. The summed E-state index contributed by atoms with van der Waals surface area (Å²) in [6, 6.07) is 4.63. The summed E-state index contributed by atoms with van der Waals surface area (Å²) in [5.74, 6) is 0.476. The summed E-state index contributed by atoms with van der Waals surface area (Å²) in [6.07, 6.45) is 3.49. The summed E-state index contributed by atoms with van der Waals surface area (Å²) in [7, 11) is -1.78. The summed E-state index contributed by atoms with van der Waals surface area (Å²) in [4.78, 5) is 19.8. The molecule has 0 radical (unpaired) electrons. The Kier molecular flexibility index (Phi) is 9.69. The van der Waals surface area contributed by atoms with E-state index in [4.69, 9.17) is 9.84 Å². The van der Waals surface area contributed by atoms with Crippen molar-refractivity contribution in [1.82, 2.24) is 24.3 Å². The number of carbonyl (C=O) groups excluding carboxylic acids is 1. The summed E-state index contributed by atoms with van der Waals surface area (Å²) < 4.78 is 35.0. The van der Waals surface area contributed by atoms with Gasteiger partial charge in [-0.05, 0) is 62.5 Å². The van der Waals surface area contributed by atoms with Gasteiger partial charge in [0.25, 0.3) is 5.91 Å². The van der Waals surface area contributed by atoms with Gasteiger partial charge in [-0.1, -0.05) is 13.8 Å². The lowest BCUT2D eigenvalue weighted by Gasteiger charge is -2.35. The minimum atomic E-state index is -3.71. The largest absolute Gasteiger partial charge is 0.493 e. The Morgan fingerprint density at radius 3 is 2.50 bits per heavy atom. The average molecular weight is 550 g/mol. The monoisotopic (exact) mass is 549 g/mol. The Hall–Kier alpha value is -2.18. The van der Waals surface area contributed by atoms with Crippen LogP contribution in [-0.4, -0.2) is 111 Å². The first-order valence-electron chi connectivity index (χ1n) is 13.9. The van der Waals surface area contributed by atoms with Crippen LogP contribution >= 0.6 is 0 Å². The van der Waals surface area contributed by atoms with Crippen LogP contribution in [0.3, 0.4) is 0 Å². The molecule has 0 saturated carbocycles. The van der Waals surface area contributed by atoms with Crippen LogP contribution < -0.4 is 10.1 Å². The van der Waals surface area contributed by atoms with E-state index in [0.717, 1.165) is 44.3 Å². The molecule has 4 rings (SSSR count). The maximum Gasteiger partial charge on any atom is 0.268 e. The quantitative estimate of drug-likeness (QED) is 0.379. The molecule has 0 bridgehead atoms. The van der Waals surface area contributed by atoms with Gasteiger partial charge in [0, 0.05) is 51.9 Å². The van der Waals surface area contributed by atoms with Crippen molar-refractivity contribution in [2.45, 2.75) is 50.5 Å². The number of rotatable bonds is 12. The smallest absolute Gasteiger partial charge is 0.268 e. The first kappa shape index (κ1) is 28.8. The van der Waals surface area contributed by atoms with Crippen molar-refractivity contribution in [3.63, 3.8) is 0 Å². The molecule has 3 heterocycles. The molecule has 1 unspecified atom stereocenters. The molecule has 1 amide bonds. The number of benzene rings is 1. The van der Waals surface area contributed by atoms with E-state index in [-0.39, 0.29) is 17.4 Å². The zero-order valence-corrected chi connectivity index (χ0v) is 23.8. The summed E-state index contributed by atoms with van der Waals surface area (Å²) in [6.45, 7) is 10.2. The third kappa shape index (κ3) is 6.17. The molecule has 0 spiro atoms. The highest BCUT2D eigenvalue weighted by atomic mass is 32.2. The second-order valence-electron chi connectivity index (χ2n) is 10.4. The van der Waals surface area contributed by atoms with Crippen LogP contribution in [0, 0.1) is 0 Å². The van der Waals surface area contributed by atoms with Crippen LogP contribution in [0.4, 0.5) is 0 Å². The third-order valence-corrected chi connectivity index (χ3v) is 9.37. The van der Waals surface area contributed by atoms with E-state index in [9.17, 15) is 13.2 Å². The summed E-state index contributed by atoms with van der Waals surface area (Å²) in [5.41, 5.74) is 2.33. The van der Waals surface area contributed by atoms with Crippen molar-refractivity contribution >= 4 is 15.9 Å². The number of unbranched alkanes of at least 4 members (excludes halogenated alkanes) is 1. The number of likely N-dealkylation sites (N-methyl/N-ethyl adjacent to an activating group) is 1. The second-order valence-corrected chi connectivity index (χ2v) is 12.3. The van der Waals surface area contributed by atoms with E-state index in [1.54, 1.807) is 22.5 Å². The van der Waals surface area contributed by atoms with Crippen LogP contribution in [0.2, 0.25) is 0 Å². The zero-order chi connectivity index (χ0) is 27.3. The topological polar surface area (TPSA) is 106 Å². The lowest BCUT2D eigenvalue weighted by atomic mass is 9.97. The fourth-order valence-corrected chi connectivity index (χ4v) is 7.05. The summed E-state index contributed by atoms with van der Waals surface area (Å²) >= 11 is 0. The molecule has 3 aliphatic rings. The molecule has 0 aromatic heterocycles. The van der Waals surface area contributed by atoms with Crippen LogP contribution in [0.1, 0.15) is 51.1 Å². The van der Waals surface area contributed by atoms with Crippen LogP contribution in [0.25, 0.3) is 0 Å². The maximum absolute atomic E-state index is 13.7. The van der Waals surface area contributed by atoms with Crippen molar-refractivity contribution in [3.05, 3.63) is 35.0 Å². The van der Waals surface area contributed by atoms with E-state index in [1.165, 1.54) is 0 Å². The molecule has 0 aliphatic carbocycles. The SMILES string of the molecule is CCCOc1ccc(S(=O)(=O)N2CCN(CCCCO)CC2)cc1C1NC(=O)C2=C1CN(CCC)CN2C. The van der Waals surface area contributed by atoms with Crippen molar-refractivity contribution in [2.75, 3.05) is 72.7 Å². The fourth-order valence-electron chi connectivity index (χ4n) is 5.59. The van der Waals surface area contributed by atoms with Crippen molar-refractivity contribution in [2.24, 2.45) is 0 Å². The number of hydrogen-bond acceptors (Lipinski definition) is 8. The molecule has 1 saturated heterocycles. The van der Waals surface area contributed by atoms with Gasteiger partial charge in [0.15, 0.2) is 0 Å². The summed E-state index contributed by atoms with van der Waals surface area (Å²) in [5, 5.41) is 12.1. The van der Waals surface area contributed by atoms with Crippen LogP contribution in [0.15, 0.2) is 34.4 Å². The third-order valence-electron chi connectivity index (χ3n) is 7.48. The Bertz CT molecular complexity index is 1120. The molecule has 2 N–H and O–H groups in total. The van der Waals surface area contributed by atoms with Crippen molar-refractivity contribution in [3.8, 4) is 5.75 Å². The van der Waals surface area contributed by atoms with Crippen molar-refractivity contribution < 1.29 is 23.1 Å². The number of sulfonamides is 1. The molecule has 38 heavy (non-hydrogen) atoms. The molecular formula is C27H43N5O5S. The standard InChI is InChI=1S/C27H43N5O5S/c1-4-10-31-19-23-25(28-27(34)26(23)29(3)20-31)22-18-21(8-9-24(22)37-17-5-2)38(35,36)32-14-12-30(13-15-32)11-6-7-16-33/h8-9,18,25,33H,4-7,10-17,19-20H2,1-3H3,(H,28,34). The van der Waals surface area contributed by atoms with Gasteiger partial charge >= 0.3 is 0 Å². The molecule has 1 atom stereocenters. The van der Waals surface area contributed by atoms with Crippen LogP contribution in [-0.2, 0) is 14.8 Å². The van der Waals surface area contributed by atoms with Gasteiger partial charge in [0.2, 0.25) is 10.0 Å². The Morgan fingerprint density at radius 2 is 1.82 bits per heavy atom. The Balaban J connectivity index is 1.61. The number of nitrogens with one attached hydrogen (secondary N) is 1. The number of carbonyl (C=O) groups is 1. The number of aliphatic hydroxyl groups is 1. The van der Waals surface area contributed by atoms with E-state index < -0.39 is 16.1 Å². The first-order chi connectivity index (χ1) is 18.3. The van der Waals surface area contributed by atoms with E-state index in [1.807, 2.05) is 18.9 Å².